The fourth-order valence-electron chi connectivity index (χ4n) is 3.71. The number of methoxy groups -OCH3 is 1. The fourth-order valence-corrected chi connectivity index (χ4v) is 3.71. The molecule has 1 heterocycles. The molecule has 3 N–H and O–H groups in total. The number of carboxylic acids is 2. The van der Waals surface area contributed by atoms with E-state index in [1.807, 2.05) is 60.7 Å². The van der Waals surface area contributed by atoms with E-state index in [2.05, 4.69) is 29.6 Å². The van der Waals surface area contributed by atoms with Crippen molar-refractivity contribution in [3.8, 4) is 11.5 Å². The van der Waals surface area contributed by atoms with Crippen LogP contribution in [0, 0.1) is 0 Å². The molecule has 0 aliphatic carbocycles. The Balaban J connectivity index is 0.000000538. The Morgan fingerprint density at radius 3 is 2.03 bits per heavy atom. The SMILES string of the molecule is COc1ccccc1OCC[NH2+]CC1COC(c2ccccc2)(c2ccccc2)O1.O=C([O-])C(=O)O. The summed E-state index contributed by atoms with van der Waals surface area (Å²) in [4.78, 5) is 18.0. The molecule has 0 aromatic heterocycles. The summed E-state index contributed by atoms with van der Waals surface area (Å²) >= 11 is 0. The third kappa shape index (κ3) is 7.05. The van der Waals surface area contributed by atoms with Crippen molar-refractivity contribution in [1.82, 2.24) is 0 Å². The first-order chi connectivity index (χ1) is 17.5. The van der Waals surface area contributed by atoms with Crippen LogP contribution in [-0.4, -0.2) is 56.6 Å². The molecule has 9 nitrogen and oxygen atoms in total. The lowest BCUT2D eigenvalue weighted by atomic mass is 9.97. The second kappa shape index (κ2) is 13.2. The maximum atomic E-state index is 9.04. The molecule has 0 saturated carbocycles. The maximum Gasteiger partial charge on any atom is 0.351 e. The van der Waals surface area contributed by atoms with Gasteiger partial charge in [0.25, 0.3) is 0 Å². The number of hydrogen-bond donors (Lipinski definition) is 2. The summed E-state index contributed by atoms with van der Waals surface area (Å²) in [5.74, 6) is -3.35. The van der Waals surface area contributed by atoms with Crippen LogP contribution in [0.15, 0.2) is 84.9 Å². The van der Waals surface area contributed by atoms with E-state index in [1.54, 1.807) is 7.11 Å². The highest BCUT2D eigenvalue weighted by atomic mass is 16.7. The minimum Gasteiger partial charge on any atom is -0.539 e. The number of carbonyl (C=O) groups is 2. The summed E-state index contributed by atoms with van der Waals surface area (Å²) in [6.07, 6.45) is -0.00308. The standard InChI is InChI=1S/C25H27NO4.C2H2O4/c1-27-23-14-8-9-15-24(23)28-17-16-26-18-22-19-29-25(30-22,20-10-4-2-5-11-20)21-12-6-3-7-13-21;3-1(4)2(5)6/h2-15,22,26H,16-19H2,1H3;(H,3,4)(H,5,6). The summed E-state index contributed by atoms with van der Waals surface area (Å²) in [5.41, 5.74) is 2.02. The number of benzene rings is 3. The van der Waals surface area contributed by atoms with Crippen molar-refractivity contribution in [2.75, 3.05) is 33.4 Å². The number of rotatable bonds is 9. The molecule has 3 aromatic rings. The summed E-state index contributed by atoms with van der Waals surface area (Å²) in [5, 5.41) is 18.5. The first-order valence-corrected chi connectivity index (χ1v) is 11.4. The number of quaternary nitrogens is 1. The molecule has 9 heteroatoms. The quantitative estimate of drug-likeness (QED) is 0.329. The average molecular weight is 496 g/mol. The highest BCUT2D eigenvalue weighted by molar-refractivity contribution is 6.26. The molecule has 0 bridgehead atoms. The summed E-state index contributed by atoms with van der Waals surface area (Å²) in [6.45, 7) is 2.77. The summed E-state index contributed by atoms with van der Waals surface area (Å²) in [6, 6.07) is 28.0. The van der Waals surface area contributed by atoms with Crippen LogP contribution >= 0.6 is 0 Å². The lowest BCUT2D eigenvalue weighted by molar-refractivity contribution is -0.661. The van der Waals surface area contributed by atoms with Gasteiger partial charge in [-0.05, 0) is 12.1 Å². The van der Waals surface area contributed by atoms with Gasteiger partial charge in [-0.3, -0.25) is 0 Å². The fraction of sp³-hybridized carbons (Fsp3) is 0.259. The number of aliphatic carboxylic acids is 2. The molecule has 3 aromatic carbocycles. The molecule has 1 aliphatic heterocycles. The normalized spacial score (nSPS) is 15.9. The van der Waals surface area contributed by atoms with Crippen LogP contribution in [0.25, 0.3) is 0 Å². The van der Waals surface area contributed by atoms with Crippen molar-refractivity contribution < 1.29 is 44.1 Å². The molecule has 0 amide bonds. The zero-order valence-corrected chi connectivity index (χ0v) is 19.9. The van der Waals surface area contributed by atoms with E-state index in [4.69, 9.17) is 38.7 Å². The largest absolute Gasteiger partial charge is 0.539 e. The van der Waals surface area contributed by atoms with Crippen molar-refractivity contribution in [3.05, 3.63) is 96.1 Å². The van der Waals surface area contributed by atoms with Crippen LogP contribution in [0.5, 0.6) is 11.5 Å². The van der Waals surface area contributed by atoms with Crippen LogP contribution in [0.4, 0.5) is 0 Å². The molecule has 0 spiro atoms. The number of ether oxygens (including phenoxy) is 4. The molecular formula is C27H29NO8. The average Bonchev–Trinajstić information content (AvgIpc) is 3.35. The molecule has 1 saturated heterocycles. The third-order valence-corrected chi connectivity index (χ3v) is 5.37. The van der Waals surface area contributed by atoms with Gasteiger partial charge in [-0.25, -0.2) is 4.79 Å². The molecule has 1 atom stereocenters. The highest BCUT2D eigenvalue weighted by Crippen LogP contribution is 2.40. The van der Waals surface area contributed by atoms with Crippen LogP contribution in [0.2, 0.25) is 0 Å². The first kappa shape index (κ1) is 26.7. The Hall–Kier alpha value is -3.92. The number of carbonyl (C=O) groups excluding carboxylic acids is 1. The number of para-hydroxylation sites is 2. The second-order valence-corrected chi connectivity index (χ2v) is 7.80. The van der Waals surface area contributed by atoms with Crippen molar-refractivity contribution in [1.29, 1.82) is 0 Å². The highest BCUT2D eigenvalue weighted by Gasteiger charge is 2.45. The predicted octanol–water partition coefficient (Wildman–Crippen LogP) is 0.775. The Labute approximate surface area is 209 Å². The number of hydrogen-bond acceptors (Lipinski definition) is 7. The molecule has 190 valence electrons. The van der Waals surface area contributed by atoms with Gasteiger partial charge in [0.15, 0.2) is 17.5 Å². The van der Waals surface area contributed by atoms with E-state index in [-0.39, 0.29) is 6.10 Å². The molecule has 1 fully saturated rings. The Morgan fingerprint density at radius 1 is 0.972 bits per heavy atom. The van der Waals surface area contributed by atoms with Gasteiger partial charge in [0.2, 0.25) is 5.79 Å². The van der Waals surface area contributed by atoms with E-state index in [9.17, 15) is 0 Å². The third-order valence-electron chi connectivity index (χ3n) is 5.37. The van der Waals surface area contributed by atoms with Gasteiger partial charge < -0.3 is 39.3 Å². The summed E-state index contributed by atoms with van der Waals surface area (Å²) in [7, 11) is 1.65. The van der Waals surface area contributed by atoms with Crippen molar-refractivity contribution in [3.63, 3.8) is 0 Å². The Kier molecular flexibility index (Phi) is 9.82. The maximum absolute atomic E-state index is 9.04. The van der Waals surface area contributed by atoms with Crippen LogP contribution in [0.3, 0.4) is 0 Å². The summed E-state index contributed by atoms with van der Waals surface area (Å²) < 4.78 is 24.0. The van der Waals surface area contributed by atoms with Gasteiger partial charge in [-0.1, -0.05) is 72.8 Å². The Bertz CT molecular complexity index is 1060. The second-order valence-electron chi connectivity index (χ2n) is 7.80. The lowest BCUT2D eigenvalue weighted by Gasteiger charge is -2.29. The van der Waals surface area contributed by atoms with Gasteiger partial charge in [-0.2, -0.15) is 0 Å². The van der Waals surface area contributed by atoms with E-state index < -0.39 is 17.7 Å². The zero-order chi connectivity index (χ0) is 25.8. The van der Waals surface area contributed by atoms with E-state index in [0.29, 0.717) is 13.2 Å². The van der Waals surface area contributed by atoms with E-state index >= 15 is 0 Å². The lowest BCUT2D eigenvalue weighted by Crippen LogP contribution is -2.87. The van der Waals surface area contributed by atoms with Crippen LogP contribution < -0.4 is 19.9 Å². The van der Waals surface area contributed by atoms with Crippen LogP contribution in [0.1, 0.15) is 11.1 Å². The van der Waals surface area contributed by atoms with Gasteiger partial charge in [0.05, 0.1) is 13.7 Å². The first-order valence-electron chi connectivity index (χ1n) is 11.4. The molecule has 36 heavy (non-hydrogen) atoms. The zero-order valence-electron chi connectivity index (χ0n) is 19.9. The van der Waals surface area contributed by atoms with Crippen molar-refractivity contribution in [2.45, 2.75) is 11.9 Å². The number of nitrogens with two attached hydrogens (primary N) is 1. The van der Waals surface area contributed by atoms with E-state index in [1.165, 1.54) is 0 Å². The van der Waals surface area contributed by atoms with Crippen molar-refractivity contribution in [2.24, 2.45) is 0 Å². The van der Waals surface area contributed by atoms with Crippen molar-refractivity contribution >= 4 is 11.9 Å². The molecule has 0 radical (unpaired) electrons. The van der Waals surface area contributed by atoms with Gasteiger partial charge in [0, 0.05) is 11.1 Å². The predicted molar refractivity (Wildman–Crippen MR) is 127 cm³/mol. The molecule has 4 rings (SSSR count). The minimum atomic E-state index is -2.07. The number of carboxylic acid groups (broad SMARTS) is 2. The molecule has 1 aliphatic rings. The monoisotopic (exact) mass is 495 g/mol. The molecule has 1 unspecified atom stereocenters. The smallest absolute Gasteiger partial charge is 0.351 e. The van der Waals surface area contributed by atoms with Gasteiger partial charge in [0.1, 0.15) is 25.8 Å². The minimum absolute atomic E-state index is 0.00308. The topological polar surface area (TPSA) is 131 Å². The Morgan fingerprint density at radius 2 is 1.50 bits per heavy atom. The van der Waals surface area contributed by atoms with Gasteiger partial charge >= 0.3 is 5.97 Å². The molecular weight excluding hydrogens is 466 g/mol. The van der Waals surface area contributed by atoms with E-state index in [0.717, 1.165) is 35.7 Å². The van der Waals surface area contributed by atoms with Crippen LogP contribution in [-0.2, 0) is 24.8 Å². The van der Waals surface area contributed by atoms with Gasteiger partial charge in [-0.15, -0.1) is 0 Å².